The highest BCUT2D eigenvalue weighted by Crippen LogP contribution is 2.51. The van der Waals surface area contributed by atoms with Gasteiger partial charge in [0, 0.05) is 24.6 Å². The number of likely N-dealkylation sites (tertiary alicyclic amines) is 1. The number of likely N-dealkylation sites (N-methyl/N-ethyl adjacent to an activating group) is 1. The highest BCUT2D eigenvalue weighted by Gasteiger charge is 2.57. The number of rotatable bonds is 9. The van der Waals surface area contributed by atoms with Gasteiger partial charge in [-0.15, -0.1) is 0 Å². The van der Waals surface area contributed by atoms with Crippen molar-refractivity contribution in [2.24, 2.45) is 0 Å². The maximum atomic E-state index is 12.3. The van der Waals surface area contributed by atoms with E-state index < -0.39 is 18.0 Å². The summed E-state index contributed by atoms with van der Waals surface area (Å²) in [5.74, 6) is 1.49. The zero-order valence-electron chi connectivity index (χ0n) is 22.7. The second-order valence-electron chi connectivity index (χ2n) is 10.5. The van der Waals surface area contributed by atoms with Gasteiger partial charge < -0.3 is 23.8 Å². The fourth-order valence-electron chi connectivity index (χ4n) is 5.44. The van der Waals surface area contributed by atoms with Gasteiger partial charge in [-0.05, 0) is 36.2 Å². The van der Waals surface area contributed by atoms with Crippen LogP contribution in [0.2, 0.25) is 0 Å². The van der Waals surface area contributed by atoms with E-state index in [1.807, 2.05) is 123 Å². The average molecular weight is 536 g/mol. The van der Waals surface area contributed by atoms with Gasteiger partial charge in [0.25, 0.3) is 0 Å². The first kappa shape index (κ1) is 26.1. The number of β-lactam (4-membered cyclic amide) rings is 1. The van der Waals surface area contributed by atoms with Gasteiger partial charge in [0.2, 0.25) is 5.91 Å². The van der Waals surface area contributed by atoms with Crippen molar-refractivity contribution in [1.29, 1.82) is 0 Å². The summed E-state index contributed by atoms with van der Waals surface area (Å²) in [6, 6.07) is 35.8. The van der Waals surface area contributed by atoms with Gasteiger partial charge in [0.15, 0.2) is 6.29 Å². The lowest BCUT2D eigenvalue weighted by Crippen LogP contribution is -2.60. The number of carbonyl (C=O) groups excluding carboxylic acids is 1. The normalized spacial score (nSPS) is 24.0. The topological polar surface area (TPSA) is 57.2 Å². The standard InChI is InChI=1S/C34H33NO5/c1-34(32(29-21-31(36)35(29)2)39-33(40-34)26-16-10-5-11-17-26)28-20-27(37-22-24-12-6-3-7-13-24)18-19-30(28)38-23-25-14-8-4-9-15-25/h3-20,29,32-33H,21-23H2,1-2H3/t29?,32-,33-,34-/m1/s1. The lowest BCUT2D eigenvalue weighted by atomic mass is 9.81. The quantitative estimate of drug-likeness (QED) is 0.232. The average Bonchev–Trinajstić information content (AvgIpc) is 3.36. The molecule has 0 aliphatic carbocycles. The van der Waals surface area contributed by atoms with E-state index in [-0.39, 0.29) is 11.9 Å². The Morgan fingerprint density at radius 2 is 1.43 bits per heavy atom. The number of ether oxygens (including phenoxy) is 4. The Hall–Kier alpha value is -4.13. The summed E-state index contributed by atoms with van der Waals surface area (Å²) in [5, 5.41) is 0. The summed E-state index contributed by atoms with van der Waals surface area (Å²) in [6.07, 6.45) is -0.591. The molecule has 4 aromatic rings. The van der Waals surface area contributed by atoms with E-state index in [2.05, 4.69) is 0 Å². The number of carbonyl (C=O) groups is 1. The SMILES string of the molecule is CN1C(=O)CC1[C@H]1O[C@@H](c2ccccc2)O[C@]1(C)c1cc(OCc2ccccc2)ccc1OCc1ccccc1. The van der Waals surface area contributed by atoms with Crippen molar-refractivity contribution < 1.29 is 23.7 Å². The molecule has 6 nitrogen and oxygen atoms in total. The van der Waals surface area contributed by atoms with E-state index in [4.69, 9.17) is 18.9 Å². The molecule has 2 aliphatic rings. The lowest BCUT2D eigenvalue weighted by Gasteiger charge is -2.44. The van der Waals surface area contributed by atoms with E-state index in [0.29, 0.717) is 31.1 Å². The Morgan fingerprint density at radius 1 is 0.825 bits per heavy atom. The molecule has 204 valence electrons. The van der Waals surface area contributed by atoms with Crippen molar-refractivity contribution in [2.45, 2.75) is 50.6 Å². The molecule has 40 heavy (non-hydrogen) atoms. The first-order valence-corrected chi connectivity index (χ1v) is 13.6. The predicted molar refractivity (Wildman–Crippen MR) is 152 cm³/mol. The minimum atomic E-state index is -0.918. The highest BCUT2D eigenvalue weighted by molar-refractivity contribution is 5.83. The first-order chi connectivity index (χ1) is 19.5. The Labute approximate surface area is 235 Å². The maximum Gasteiger partial charge on any atom is 0.224 e. The first-order valence-electron chi connectivity index (χ1n) is 13.6. The number of benzene rings is 4. The summed E-state index contributed by atoms with van der Waals surface area (Å²) in [5.41, 5.74) is 2.97. The Balaban J connectivity index is 1.37. The van der Waals surface area contributed by atoms with Gasteiger partial charge in [0.1, 0.15) is 36.4 Å². The van der Waals surface area contributed by atoms with E-state index in [9.17, 15) is 4.79 Å². The number of hydrogen-bond acceptors (Lipinski definition) is 5. The summed E-state index contributed by atoms with van der Waals surface area (Å²) in [7, 11) is 1.82. The third-order valence-corrected chi connectivity index (χ3v) is 7.83. The highest BCUT2D eigenvalue weighted by atomic mass is 16.7. The molecule has 2 aliphatic heterocycles. The molecule has 1 unspecified atom stereocenters. The van der Waals surface area contributed by atoms with Crippen molar-refractivity contribution >= 4 is 5.91 Å². The Kier molecular flexibility index (Phi) is 7.29. The molecule has 2 saturated heterocycles. The third-order valence-electron chi connectivity index (χ3n) is 7.83. The molecule has 0 radical (unpaired) electrons. The molecule has 4 aromatic carbocycles. The van der Waals surface area contributed by atoms with Crippen LogP contribution in [0.5, 0.6) is 11.5 Å². The summed E-state index contributed by atoms with van der Waals surface area (Å²) >= 11 is 0. The summed E-state index contributed by atoms with van der Waals surface area (Å²) < 4.78 is 26.0. The second kappa shape index (κ2) is 11.2. The molecule has 0 saturated carbocycles. The van der Waals surface area contributed by atoms with Gasteiger partial charge in [-0.2, -0.15) is 0 Å². The maximum absolute atomic E-state index is 12.3. The van der Waals surface area contributed by atoms with Crippen molar-refractivity contribution in [3.05, 3.63) is 131 Å². The molecule has 0 N–H and O–H groups in total. The largest absolute Gasteiger partial charge is 0.489 e. The van der Waals surface area contributed by atoms with Gasteiger partial charge >= 0.3 is 0 Å². The Bertz CT molecular complexity index is 1450. The molecule has 2 heterocycles. The summed E-state index contributed by atoms with van der Waals surface area (Å²) in [4.78, 5) is 14.0. The van der Waals surface area contributed by atoms with Gasteiger partial charge in [-0.25, -0.2) is 0 Å². The van der Waals surface area contributed by atoms with Crippen molar-refractivity contribution in [3.63, 3.8) is 0 Å². The van der Waals surface area contributed by atoms with Crippen LogP contribution < -0.4 is 9.47 Å². The van der Waals surface area contributed by atoms with Crippen LogP contribution in [0.4, 0.5) is 0 Å². The predicted octanol–water partition coefficient (Wildman–Crippen LogP) is 6.40. The van der Waals surface area contributed by atoms with Crippen LogP contribution in [-0.2, 0) is 33.1 Å². The minimum Gasteiger partial charge on any atom is -0.489 e. The lowest BCUT2D eigenvalue weighted by molar-refractivity contribution is -0.153. The molecule has 4 atom stereocenters. The molecule has 0 bridgehead atoms. The molecule has 0 spiro atoms. The zero-order chi connectivity index (χ0) is 27.5. The number of amides is 1. The summed E-state index contributed by atoms with van der Waals surface area (Å²) in [6.45, 7) is 2.88. The zero-order valence-corrected chi connectivity index (χ0v) is 22.7. The monoisotopic (exact) mass is 535 g/mol. The van der Waals surface area contributed by atoms with Gasteiger partial charge in [0.05, 0.1) is 6.04 Å². The van der Waals surface area contributed by atoms with Crippen molar-refractivity contribution in [2.75, 3.05) is 7.05 Å². The van der Waals surface area contributed by atoms with Crippen LogP contribution in [-0.4, -0.2) is 30.0 Å². The molecule has 2 fully saturated rings. The van der Waals surface area contributed by atoms with Gasteiger partial charge in [-0.1, -0.05) is 91.0 Å². The Morgan fingerprint density at radius 3 is 2.02 bits per heavy atom. The van der Waals surface area contributed by atoms with Crippen molar-refractivity contribution in [1.82, 2.24) is 4.90 Å². The second-order valence-corrected chi connectivity index (χ2v) is 10.5. The number of hydrogen-bond donors (Lipinski definition) is 0. The van der Waals surface area contributed by atoms with E-state index in [1.165, 1.54) is 0 Å². The fraction of sp³-hybridized carbons (Fsp3) is 0.265. The molecule has 0 aromatic heterocycles. The molecule has 6 heteroatoms. The van der Waals surface area contributed by atoms with Crippen LogP contribution in [0.1, 0.15) is 41.9 Å². The van der Waals surface area contributed by atoms with E-state index in [1.54, 1.807) is 4.90 Å². The smallest absolute Gasteiger partial charge is 0.224 e. The van der Waals surface area contributed by atoms with Crippen LogP contribution in [0, 0.1) is 0 Å². The van der Waals surface area contributed by atoms with Gasteiger partial charge in [-0.3, -0.25) is 4.79 Å². The molecule has 6 rings (SSSR count). The molecule has 1 amide bonds. The third kappa shape index (κ3) is 5.20. The van der Waals surface area contributed by atoms with Crippen LogP contribution in [0.15, 0.2) is 109 Å². The minimum absolute atomic E-state index is 0.0969. The van der Waals surface area contributed by atoms with E-state index >= 15 is 0 Å². The fourth-order valence-corrected chi connectivity index (χ4v) is 5.44. The van der Waals surface area contributed by atoms with Crippen LogP contribution in [0.3, 0.4) is 0 Å². The molecular formula is C34H33NO5. The molecular weight excluding hydrogens is 502 g/mol. The van der Waals surface area contributed by atoms with Crippen LogP contribution in [0.25, 0.3) is 0 Å². The van der Waals surface area contributed by atoms with Crippen molar-refractivity contribution in [3.8, 4) is 11.5 Å². The number of nitrogens with zero attached hydrogens (tertiary/aromatic N) is 1. The van der Waals surface area contributed by atoms with Crippen LogP contribution >= 0.6 is 0 Å². The van der Waals surface area contributed by atoms with E-state index in [0.717, 1.165) is 22.3 Å².